The molecule has 1 aliphatic carbocycles. The van der Waals surface area contributed by atoms with Gasteiger partial charge in [-0.2, -0.15) is 0 Å². The van der Waals surface area contributed by atoms with Gasteiger partial charge in [-0.1, -0.05) is 0 Å². The van der Waals surface area contributed by atoms with E-state index in [-0.39, 0.29) is 10.7 Å². The minimum atomic E-state index is -3.45. The van der Waals surface area contributed by atoms with Crippen molar-refractivity contribution < 1.29 is 13.2 Å². The summed E-state index contributed by atoms with van der Waals surface area (Å²) in [5, 5.41) is 0. The predicted octanol–water partition coefficient (Wildman–Crippen LogP) is 2.85. The van der Waals surface area contributed by atoms with Crippen LogP contribution in [0.5, 0.6) is 0 Å². The minimum absolute atomic E-state index is 0.179. The molecular formula is C17H18O3SSn. The molecule has 0 amide bonds. The molecule has 0 heterocycles. The molecule has 3 rings (SSSR count). The Kier molecular flexibility index (Phi) is 3.53. The van der Waals surface area contributed by atoms with Crippen molar-refractivity contribution in [3.63, 3.8) is 0 Å². The van der Waals surface area contributed by atoms with Crippen LogP contribution < -0.4 is 3.58 Å². The molecule has 3 nitrogen and oxygen atoms in total. The second-order valence-electron chi connectivity index (χ2n) is 6.79. The Morgan fingerprint density at radius 3 is 2.05 bits per heavy atom. The summed E-state index contributed by atoms with van der Waals surface area (Å²) < 4.78 is 25.6. The van der Waals surface area contributed by atoms with Crippen molar-refractivity contribution in [1.29, 1.82) is 0 Å². The van der Waals surface area contributed by atoms with E-state index in [0.717, 1.165) is 14.7 Å². The first kappa shape index (κ1) is 15.7. The Hall–Kier alpha value is -1.14. The summed E-state index contributed by atoms with van der Waals surface area (Å²) in [6, 6.07) is 11.1. The van der Waals surface area contributed by atoms with Gasteiger partial charge >= 0.3 is 135 Å². The summed E-state index contributed by atoms with van der Waals surface area (Å²) in [5.74, 6) is -0.179. The van der Waals surface area contributed by atoms with Crippen LogP contribution in [0, 0.1) is 0 Å². The average molecular weight is 421 g/mol. The van der Waals surface area contributed by atoms with Crippen LogP contribution in [-0.2, 0) is 9.84 Å². The van der Waals surface area contributed by atoms with Crippen molar-refractivity contribution in [3.05, 3.63) is 47.5 Å². The molecule has 22 heavy (non-hydrogen) atoms. The number of carbonyl (C=O) groups excluding carboxylic acids is 1. The number of benzene rings is 2. The van der Waals surface area contributed by atoms with Crippen LogP contribution in [0.4, 0.5) is 0 Å². The van der Waals surface area contributed by atoms with E-state index in [2.05, 4.69) is 14.8 Å². The van der Waals surface area contributed by atoms with Crippen LogP contribution >= 0.6 is 0 Å². The molecule has 114 valence electrons. The zero-order valence-electron chi connectivity index (χ0n) is 13.1. The first-order valence-corrected chi connectivity index (χ1v) is 19.0. The zero-order chi connectivity index (χ0) is 16.3. The zero-order valence-corrected chi connectivity index (χ0v) is 16.8. The van der Waals surface area contributed by atoms with Crippen LogP contribution in [0.1, 0.15) is 15.9 Å². The number of carbonyl (C=O) groups is 1. The van der Waals surface area contributed by atoms with Crippen LogP contribution in [0.25, 0.3) is 11.1 Å². The third-order valence-corrected chi connectivity index (χ3v) is 10.9. The van der Waals surface area contributed by atoms with Crippen LogP contribution in [-0.4, -0.2) is 38.8 Å². The Morgan fingerprint density at radius 2 is 1.50 bits per heavy atom. The van der Waals surface area contributed by atoms with E-state index in [1.54, 1.807) is 12.1 Å². The van der Waals surface area contributed by atoms with Crippen molar-refractivity contribution >= 4 is 37.6 Å². The second-order valence-corrected chi connectivity index (χ2v) is 23.3. The van der Waals surface area contributed by atoms with E-state index >= 15 is 0 Å². The van der Waals surface area contributed by atoms with Gasteiger partial charge < -0.3 is 0 Å². The van der Waals surface area contributed by atoms with Gasteiger partial charge in [-0.05, 0) is 0 Å². The molecule has 0 saturated heterocycles. The summed E-state index contributed by atoms with van der Waals surface area (Å²) in [5.41, 5.74) is 2.58. The normalized spacial score (nSPS) is 13.9. The van der Waals surface area contributed by atoms with Gasteiger partial charge in [0.05, 0.1) is 0 Å². The van der Waals surface area contributed by atoms with E-state index < -0.39 is 28.2 Å². The number of ketones is 1. The monoisotopic (exact) mass is 422 g/mol. The summed E-state index contributed by atoms with van der Waals surface area (Å²) in [4.78, 5) is 19.6. The molecule has 0 fully saturated rings. The van der Waals surface area contributed by atoms with Crippen molar-refractivity contribution in [1.82, 2.24) is 0 Å². The average Bonchev–Trinajstić information content (AvgIpc) is 2.70. The molecule has 0 atom stereocenters. The van der Waals surface area contributed by atoms with Gasteiger partial charge in [-0.25, -0.2) is 0 Å². The van der Waals surface area contributed by atoms with Gasteiger partial charge in [0.2, 0.25) is 0 Å². The fourth-order valence-corrected chi connectivity index (χ4v) is 7.35. The fourth-order valence-electron chi connectivity index (χ4n) is 2.84. The molecule has 0 N–H and O–H groups in total. The summed E-state index contributed by atoms with van der Waals surface area (Å²) >= 11 is -2.48. The van der Waals surface area contributed by atoms with Gasteiger partial charge in [0.15, 0.2) is 0 Å². The van der Waals surface area contributed by atoms with Gasteiger partial charge in [0.25, 0.3) is 0 Å². The van der Waals surface area contributed by atoms with Crippen LogP contribution in [0.3, 0.4) is 0 Å². The van der Waals surface area contributed by atoms with E-state index in [0.29, 0.717) is 11.1 Å². The van der Waals surface area contributed by atoms with Gasteiger partial charge in [-0.15, -0.1) is 0 Å². The molecule has 2 aromatic carbocycles. The van der Waals surface area contributed by atoms with E-state index in [1.807, 2.05) is 24.3 Å². The van der Waals surface area contributed by atoms with Crippen molar-refractivity contribution in [2.45, 2.75) is 19.7 Å². The molecular weight excluding hydrogens is 403 g/mol. The van der Waals surface area contributed by atoms with Crippen molar-refractivity contribution in [2.75, 3.05) is 6.26 Å². The number of fused-ring (bicyclic) bond motifs is 3. The first-order valence-electron chi connectivity index (χ1n) is 7.13. The van der Waals surface area contributed by atoms with E-state index in [1.165, 1.54) is 6.26 Å². The topological polar surface area (TPSA) is 51.2 Å². The summed E-state index contributed by atoms with van der Waals surface area (Å²) in [6.45, 7) is 0. The van der Waals surface area contributed by atoms with Gasteiger partial charge in [0.1, 0.15) is 0 Å². The van der Waals surface area contributed by atoms with Crippen molar-refractivity contribution in [2.24, 2.45) is 0 Å². The van der Waals surface area contributed by atoms with Crippen LogP contribution in [0.2, 0.25) is 14.8 Å². The molecule has 0 aliphatic heterocycles. The van der Waals surface area contributed by atoms with E-state index in [9.17, 15) is 13.2 Å². The molecule has 0 aromatic heterocycles. The Labute approximate surface area is 135 Å². The predicted molar refractivity (Wildman–Crippen MR) is 91.4 cm³/mol. The van der Waals surface area contributed by atoms with Crippen LogP contribution in [0.15, 0.2) is 41.3 Å². The molecule has 0 bridgehead atoms. The number of rotatable bonds is 2. The number of hydrogen-bond acceptors (Lipinski definition) is 3. The van der Waals surface area contributed by atoms with Crippen molar-refractivity contribution in [3.8, 4) is 11.1 Å². The number of hydrogen-bond donors (Lipinski definition) is 0. The summed E-state index contributed by atoms with van der Waals surface area (Å²) in [6.07, 6.45) is 1.18. The molecule has 0 unspecified atom stereocenters. The van der Waals surface area contributed by atoms with E-state index in [4.69, 9.17) is 0 Å². The summed E-state index contributed by atoms with van der Waals surface area (Å²) in [7, 11) is -3.45. The van der Waals surface area contributed by atoms with Gasteiger partial charge in [-0.3, -0.25) is 0 Å². The number of sulfone groups is 1. The SMILES string of the molecule is CS(=O)(=O)c1c[c]([Sn]([CH3])([CH3])[CH3])cc2c1C(=O)c1ccccc1-2. The molecule has 0 spiro atoms. The Bertz CT molecular complexity index is 906. The Balaban J connectivity index is 2.45. The first-order chi connectivity index (χ1) is 10.1. The van der Waals surface area contributed by atoms with Gasteiger partial charge in [0, 0.05) is 0 Å². The third kappa shape index (κ3) is 2.42. The standard InChI is InChI=1S/C14H9O3S.3CH3.Sn/c1-18(16,17)12-8-4-7-10-9-5-2-3-6-11(9)14(15)13(10)12;;;;/h2-3,5-8H,1H3;3*1H3;. The molecule has 0 saturated carbocycles. The quantitative estimate of drug-likeness (QED) is 0.599. The maximum atomic E-state index is 12.7. The fraction of sp³-hybridized carbons (Fsp3) is 0.235. The second kappa shape index (κ2) is 4.93. The third-order valence-electron chi connectivity index (χ3n) is 4.06. The molecule has 5 heteroatoms. The molecule has 0 radical (unpaired) electrons. The maximum absolute atomic E-state index is 12.7. The molecule has 2 aromatic rings. The molecule has 1 aliphatic rings. The Morgan fingerprint density at radius 1 is 0.909 bits per heavy atom.